The first-order valence-corrected chi connectivity index (χ1v) is 10.3. The molecule has 0 aliphatic carbocycles. The minimum Gasteiger partial charge on any atom is -0.338 e. The molecule has 0 radical (unpaired) electrons. The van der Waals surface area contributed by atoms with Crippen LogP contribution in [0.25, 0.3) is 5.69 Å². The van der Waals surface area contributed by atoms with Crippen LogP contribution in [0.15, 0.2) is 58.1 Å². The molecule has 0 saturated carbocycles. The van der Waals surface area contributed by atoms with Gasteiger partial charge in [0, 0.05) is 13.1 Å². The predicted octanol–water partition coefficient (Wildman–Crippen LogP) is 3.25. The molecule has 1 amide bonds. The van der Waals surface area contributed by atoms with Gasteiger partial charge >= 0.3 is 11.9 Å². The third-order valence-corrected chi connectivity index (χ3v) is 5.19. The average Bonchev–Trinajstić information content (AvgIpc) is 2.78. The first-order valence-electron chi connectivity index (χ1n) is 10.3. The maximum Gasteiger partial charge on any atom is 0.416 e. The van der Waals surface area contributed by atoms with Crippen molar-refractivity contribution in [1.29, 1.82) is 0 Å². The fourth-order valence-electron chi connectivity index (χ4n) is 3.33. The van der Waals surface area contributed by atoms with Crippen LogP contribution in [0.5, 0.6) is 0 Å². The summed E-state index contributed by atoms with van der Waals surface area (Å²) in [6.07, 6.45) is -4.58. The van der Waals surface area contributed by atoms with E-state index in [2.05, 4.69) is 5.10 Å². The fraction of sp³-hybridized carbons (Fsp3) is 0.304. The van der Waals surface area contributed by atoms with Gasteiger partial charge in [-0.3, -0.25) is 14.2 Å². The van der Waals surface area contributed by atoms with Crippen molar-refractivity contribution in [3.63, 3.8) is 0 Å². The van der Waals surface area contributed by atoms with Crippen LogP contribution in [0.2, 0.25) is 0 Å². The molecule has 33 heavy (non-hydrogen) atoms. The summed E-state index contributed by atoms with van der Waals surface area (Å²) in [6, 6.07) is 11.0. The minimum atomic E-state index is -4.58. The number of carbonyl (C=O) groups is 1. The van der Waals surface area contributed by atoms with Crippen molar-refractivity contribution in [2.75, 3.05) is 13.1 Å². The minimum absolute atomic E-state index is 0.0897. The van der Waals surface area contributed by atoms with Gasteiger partial charge in [0.1, 0.15) is 0 Å². The molecule has 2 aromatic carbocycles. The number of alkyl halides is 3. The van der Waals surface area contributed by atoms with E-state index in [9.17, 15) is 27.6 Å². The molecular formula is C23H23F3N4O3. The highest BCUT2D eigenvalue weighted by atomic mass is 19.4. The zero-order valence-corrected chi connectivity index (χ0v) is 18.4. The Morgan fingerprint density at radius 3 is 2.24 bits per heavy atom. The number of amides is 1. The van der Waals surface area contributed by atoms with Crippen LogP contribution < -0.4 is 11.2 Å². The number of aromatic nitrogens is 3. The first-order chi connectivity index (χ1) is 15.6. The van der Waals surface area contributed by atoms with Gasteiger partial charge in [-0.25, -0.2) is 4.79 Å². The van der Waals surface area contributed by atoms with Gasteiger partial charge < -0.3 is 4.90 Å². The van der Waals surface area contributed by atoms with Crippen molar-refractivity contribution in [2.45, 2.75) is 33.5 Å². The Hall–Kier alpha value is -3.69. The Kier molecular flexibility index (Phi) is 6.85. The van der Waals surface area contributed by atoms with Gasteiger partial charge in [-0.05, 0) is 50.6 Å². The van der Waals surface area contributed by atoms with Crippen LogP contribution in [0.1, 0.15) is 41.0 Å². The smallest absolute Gasteiger partial charge is 0.338 e. The molecule has 0 aliphatic rings. The summed E-state index contributed by atoms with van der Waals surface area (Å²) < 4.78 is 41.0. The highest BCUT2D eigenvalue weighted by Gasteiger charge is 2.30. The number of aryl methyl sites for hydroxylation is 1. The second kappa shape index (κ2) is 9.43. The molecule has 3 aromatic rings. The number of hydrogen-bond acceptors (Lipinski definition) is 4. The lowest BCUT2D eigenvalue weighted by atomic mass is 10.1. The van der Waals surface area contributed by atoms with Gasteiger partial charge in [-0.2, -0.15) is 23.0 Å². The van der Waals surface area contributed by atoms with Crippen molar-refractivity contribution in [3.05, 3.63) is 91.8 Å². The molecule has 0 bridgehead atoms. The highest BCUT2D eigenvalue weighted by molar-refractivity contribution is 5.91. The van der Waals surface area contributed by atoms with Crippen LogP contribution in [0, 0.1) is 6.92 Å². The van der Waals surface area contributed by atoms with E-state index in [4.69, 9.17) is 0 Å². The number of carbonyl (C=O) groups excluding carboxylic acids is 1. The Labute approximate surface area is 187 Å². The quantitative estimate of drug-likeness (QED) is 0.566. The van der Waals surface area contributed by atoms with E-state index >= 15 is 0 Å². The van der Waals surface area contributed by atoms with Crippen molar-refractivity contribution < 1.29 is 18.0 Å². The predicted molar refractivity (Wildman–Crippen MR) is 117 cm³/mol. The fourth-order valence-corrected chi connectivity index (χ4v) is 3.33. The number of benzene rings is 2. The maximum absolute atomic E-state index is 13.2. The molecule has 0 spiro atoms. The van der Waals surface area contributed by atoms with E-state index in [0.29, 0.717) is 18.8 Å². The molecule has 0 N–H and O–H groups in total. The molecule has 3 rings (SSSR count). The Balaban J connectivity index is 2.22. The molecule has 0 aliphatic heterocycles. The summed E-state index contributed by atoms with van der Waals surface area (Å²) in [4.78, 5) is 40.6. The van der Waals surface area contributed by atoms with E-state index < -0.39 is 41.1 Å². The van der Waals surface area contributed by atoms with Crippen molar-refractivity contribution in [1.82, 2.24) is 19.2 Å². The summed E-state index contributed by atoms with van der Waals surface area (Å²) in [5, 5.41) is 4.05. The zero-order valence-electron chi connectivity index (χ0n) is 18.4. The van der Waals surface area contributed by atoms with Crippen molar-refractivity contribution in [2.24, 2.45) is 0 Å². The molecule has 1 heterocycles. The van der Waals surface area contributed by atoms with Gasteiger partial charge in [0.15, 0.2) is 0 Å². The van der Waals surface area contributed by atoms with E-state index in [1.54, 1.807) is 38.1 Å². The largest absolute Gasteiger partial charge is 0.416 e. The maximum atomic E-state index is 13.2. The third-order valence-electron chi connectivity index (χ3n) is 5.19. The Morgan fingerprint density at radius 2 is 1.67 bits per heavy atom. The Morgan fingerprint density at radius 1 is 1.03 bits per heavy atom. The topological polar surface area (TPSA) is 77.2 Å². The number of rotatable bonds is 6. The standard InChI is InChI=1S/C23H23F3N4O3/c1-4-28(5-2)20(31)19-21(32)29(14-16-7-6-8-17(13-16)23(24,25)26)22(33)30(27-19)18-11-9-15(3)10-12-18/h6-13H,4-5,14H2,1-3H3. The molecular weight excluding hydrogens is 437 g/mol. The molecule has 0 atom stereocenters. The number of nitrogens with zero attached hydrogens (tertiary/aromatic N) is 4. The van der Waals surface area contributed by atoms with Crippen LogP contribution in [-0.4, -0.2) is 38.2 Å². The molecule has 7 nitrogen and oxygen atoms in total. The lowest BCUT2D eigenvalue weighted by molar-refractivity contribution is -0.137. The molecule has 1 aromatic heterocycles. The number of hydrogen-bond donors (Lipinski definition) is 0. The molecule has 0 unspecified atom stereocenters. The van der Waals surface area contributed by atoms with Crippen LogP contribution in [0.3, 0.4) is 0 Å². The van der Waals surface area contributed by atoms with Gasteiger partial charge in [0.25, 0.3) is 11.5 Å². The van der Waals surface area contributed by atoms with Gasteiger partial charge in [0.2, 0.25) is 5.69 Å². The summed E-state index contributed by atoms with van der Waals surface area (Å²) in [5.74, 6) is -0.663. The van der Waals surface area contributed by atoms with Crippen LogP contribution >= 0.6 is 0 Å². The van der Waals surface area contributed by atoms with E-state index in [0.717, 1.165) is 26.9 Å². The van der Waals surface area contributed by atoms with E-state index in [1.807, 2.05) is 6.92 Å². The summed E-state index contributed by atoms with van der Waals surface area (Å²) >= 11 is 0. The van der Waals surface area contributed by atoms with E-state index in [1.165, 1.54) is 17.0 Å². The average molecular weight is 460 g/mol. The van der Waals surface area contributed by atoms with Gasteiger partial charge in [0.05, 0.1) is 17.8 Å². The SMILES string of the molecule is CCN(CC)C(=O)c1nn(-c2ccc(C)cc2)c(=O)n(Cc2cccc(C(F)(F)F)c2)c1=O. The normalized spacial score (nSPS) is 11.5. The highest BCUT2D eigenvalue weighted by Crippen LogP contribution is 2.29. The van der Waals surface area contributed by atoms with Gasteiger partial charge in [-0.15, -0.1) is 0 Å². The number of halogens is 3. The first kappa shape index (κ1) is 24.0. The summed E-state index contributed by atoms with van der Waals surface area (Å²) in [7, 11) is 0. The van der Waals surface area contributed by atoms with Gasteiger partial charge in [-0.1, -0.05) is 29.8 Å². The second-order valence-corrected chi connectivity index (χ2v) is 7.45. The molecule has 0 fully saturated rings. The Bertz CT molecular complexity index is 1270. The lowest BCUT2D eigenvalue weighted by Gasteiger charge is -2.19. The molecule has 0 saturated heterocycles. The third kappa shape index (κ3) is 5.05. The second-order valence-electron chi connectivity index (χ2n) is 7.45. The van der Waals surface area contributed by atoms with Crippen LogP contribution in [-0.2, 0) is 12.7 Å². The van der Waals surface area contributed by atoms with Crippen molar-refractivity contribution >= 4 is 5.91 Å². The van der Waals surface area contributed by atoms with Crippen LogP contribution in [0.4, 0.5) is 13.2 Å². The molecule has 174 valence electrons. The zero-order chi connectivity index (χ0) is 24.3. The summed E-state index contributed by atoms with van der Waals surface area (Å²) in [6.45, 7) is 5.50. The lowest BCUT2D eigenvalue weighted by Crippen LogP contribution is -2.46. The van der Waals surface area contributed by atoms with E-state index in [-0.39, 0.29) is 5.56 Å². The van der Waals surface area contributed by atoms with Crippen molar-refractivity contribution in [3.8, 4) is 5.69 Å². The monoisotopic (exact) mass is 460 g/mol. The summed E-state index contributed by atoms with van der Waals surface area (Å²) in [5.41, 5.74) is -1.88. The molecule has 10 heteroatoms.